The van der Waals surface area contributed by atoms with E-state index < -0.39 is 17.7 Å². The van der Waals surface area contributed by atoms with E-state index in [2.05, 4.69) is 15.7 Å². The molecule has 0 atom stereocenters. The Labute approximate surface area is 143 Å². The van der Waals surface area contributed by atoms with Gasteiger partial charge in [-0.1, -0.05) is 12.1 Å². The molecule has 0 aliphatic rings. The van der Waals surface area contributed by atoms with Crippen LogP contribution in [0.2, 0.25) is 0 Å². The van der Waals surface area contributed by atoms with Crippen LogP contribution in [0.4, 0.5) is 25.0 Å². The first-order valence-corrected chi connectivity index (χ1v) is 7.56. The third-order valence-corrected chi connectivity index (χ3v) is 3.69. The van der Waals surface area contributed by atoms with E-state index in [9.17, 15) is 13.6 Å². The molecule has 3 aromatic rings. The van der Waals surface area contributed by atoms with Gasteiger partial charge in [0.15, 0.2) is 11.6 Å². The van der Waals surface area contributed by atoms with Crippen LogP contribution in [0.15, 0.2) is 48.7 Å². The zero-order valence-electron chi connectivity index (χ0n) is 13.7. The van der Waals surface area contributed by atoms with Crippen molar-refractivity contribution in [3.63, 3.8) is 0 Å². The largest absolute Gasteiger partial charge is 0.323 e. The minimum Gasteiger partial charge on any atom is -0.308 e. The van der Waals surface area contributed by atoms with Crippen LogP contribution in [0.1, 0.15) is 5.56 Å². The molecule has 0 fully saturated rings. The third kappa shape index (κ3) is 3.65. The molecule has 128 valence electrons. The van der Waals surface area contributed by atoms with Gasteiger partial charge in [0.25, 0.3) is 0 Å². The molecule has 2 N–H and O–H groups in total. The summed E-state index contributed by atoms with van der Waals surface area (Å²) in [7, 11) is 1.85. The number of nitrogens with one attached hydrogen (secondary N) is 2. The molecule has 0 unspecified atom stereocenters. The summed E-state index contributed by atoms with van der Waals surface area (Å²) in [6.45, 7) is 1.96. The van der Waals surface area contributed by atoms with Crippen LogP contribution in [-0.2, 0) is 7.05 Å². The van der Waals surface area contributed by atoms with Crippen LogP contribution in [0.5, 0.6) is 0 Å². The van der Waals surface area contributed by atoms with Gasteiger partial charge >= 0.3 is 6.03 Å². The van der Waals surface area contributed by atoms with Crippen LogP contribution >= 0.6 is 0 Å². The van der Waals surface area contributed by atoms with E-state index in [-0.39, 0.29) is 5.69 Å². The van der Waals surface area contributed by atoms with E-state index in [0.717, 1.165) is 29.0 Å². The zero-order chi connectivity index (χ0) is 18.0. The quantitative estimate of drug-likeness (QED) is 0.745. The molecule has 0 bridgehead atoms. The number of carbonyl (C=O) groups is 1. The monoisotopic (exact) mass is 342 g/mol. The van der Waals surface area contributed by atoms with Gasteiger partial charge in [-0.25, -0.2) is 13.6 Å². The molecule has 5 nitrogen and oxygen atoms in total. The zero-order valence-corrected chi connectivity index (χ0v) is 13.7. The number of anilines is 2. The second kappa shape index (κ2) is 6.72. The van der Waals surface area contributed by atoms with E-state index in [1.165, 1.54) is 6.07 Å². The number of benzene rings is 2. The topological polar surface area (TPSA) is 59.0 Å². The Morgan fingerprint density at radius 1 is 1.04 bits per heavy atom. The Balaban J connectivity index is 1.76. The molecule has 7 heteroatoms. The Morgan fingerprint density at radius 2 is 1.76 bits per heavy atom. The van der Waals surface area contributed by atoms with Gasteiger partial charge in [0.2, 0.25) is 0 Å². The van der Waals surface area contributed by atoms with E-state index in [0.29, 0.717) is 5.69 Å². The lowest BCUT2D eigenvalue weighted by atomic mass is 10.1. The molecule has 0 radical (unpaired) electrons. The maximum Gasteiger partial charge on any atom is 0.323 e. The van der Waals surface area contributed by atoms with E-state index in [4.69, 9.17) is 0 Å². The number of rotatable bonds is 3. The first-order valence-electron chi connectivity index (χ1n) is 7.56. The maximum atomic E-state index is 13.2. The van der Waals surface area contributed by atoms with Crippen LogP contribution in [0, 0.1) is 18.6 Å². The molecule has 0 saturated heterocycles. The Hall–Kier alpha value is -3.22. The molecule has 2 aromatic carbocycles. The summed E-state index contributed by atoms with van der Waals surface area (Å²) < 4.78 is 27.9. The number of urea groups is 1. The van der Waals surface area contributed by atoms with Gasteiger partial charge in [-0.2, -0.15) is 5.10 Å². The smallest absolute Gasteiger partial charge is 0.308 e. The van der Waals surface area contributed by atoms with Gasteiger partial charge in [0.05, 0.1) is 11.9 Å². The van der Waals surface area contributed by atoms with Crippen molar-refractivity contribution in [1.82, 2.24) is 9.78 Å². The average Bonchev–Trinajstić information content (AvgIpc) is 2.90. The Bertz CT molecular complexity index is 917. The third-order valence-electron chi connectivity index (χ3n) is 3.69. The standard InChI is InChI=1S/C18H16F2N4O/c1-11-10-21-24(2)17(11)12-4-3-5-13(8-12)22-18(25)23-14-6-7-15(19)16(20)9-14/h3-10H,1-2H3,(H2,22,23,25). The first kappa shape index (κ1) is 16.6. The van der Waals surface area contributed by atoms with Gasteiger partial charge in [-0.15, -0.1) is 0 Å². The molecule has 1 aromatic heterocycles. The molecule has 0 spiro atoms. The molecule has 2 amide bonds. The highest BCUT2D eigenvalue weighted by atomic mass is 19.2. The Kier molecular flexibility index (Phi) is 4.47. The molecule has 3 rings (SSSR count). The van der Waals surface area contributed by atoms with Crippen molar-refractivity contribution in [3.05, 3.63) is 65.9 Å². The Morgan fingerprint density at radius 3 is 2.40 bits per heavy atom. The summed E-state index contributed by atoms with van der Waals surface area (Å²) >= 11 is 0. The number of hydrogen-bond donors (Lipinski definition) is 2. The first-order chi connectivity index (χ1) is 11.9. The molecular formula is C18H16F2N4O. The fourth-order valence-electron chi connectivity index (χ4n) is 2.57. The lowest BCUT2D eigenvalue weighted by Crippen LogP contribution is -2.19. The number of halogens is 2. The van der Waals surface area contributed by atoms with Crippen molar-refractivity contribution in [2.75, 3.05) is 10.6 Å². The van der Waals surface area contributed by atoms with Crippen molar-refractivity contribution < 1.29 is 13.6 Å². The minimum atomic E-state index is -1.02. The van der Waals surface area contributed by atoms with Crippen LogP contribution in [0.3, 0.4) is 0 Å². The second-order valence-corrected chi connectivity index (χ2v) is 5.59. The van der Waals surface area contributed by atoms with Crippen LogP contribution in [0.25, 0.3) is 11.3 Å². The summed E-state index contributed by atoms with van der Waals surface area (Å²) in [4.78, 5) is 12.1. The normalized spacial score (nSPS) is 10.6. The van der Waals surface area contributed by atoms with Gasteiger partial charge in [-0.3, -0.25) is 4.68 Å². The number of amides is 2. The van der Waals surface area contributed by atoms with Crippen molar-refractivity contribution in [2.45, 2.75) is 6.92 Å². The predicted molar refractivity (Wildman–Crippen MR) is 92.4 cm³/mol. The number of nitrogens with zero attached hydrogens (tertiary/aromatic N) is 2. The number of hydrogen-bond acceptors (Lipinski definition) is 2. The summed E-state index contributed by atoms with van der Waals surface area (Å²) in [5, 5.41) is 9.34. The number of aromatic nitrogens is 2. The van der Waals surface area contributed by atoms with Gasteiger partial charge in [0, 0.05) is 30.1 Å². The van der Waals surface area contributed by atoms with E-state index >= 15 is 0 Å². The summed E-state index contributed by atoms with van der Waals surface area (Å²) in [6, 6.07) is 9.89. The lowest BCUT2D eigenvalue weighted by Gasteiger charge is -2.10. The fourth-order valence-corrected chi connectivity index (χ4v) is 2.57. The van der Waals surface area contributed by atoms with Crippen molar-refractivity contribution in [3.8, 4) is 11.3 Å². The highest BCUT2D eigenvalue weighted by molar-refractivity contribution is 6.00. The molecule has 0 aliphatic heterocycles. The van der Waals surface area contributed by atoms with Gasteiger partial charge in [-0.05, 0) is 36.8 Å². The van der Waals surface area contributed by atoms with E-state index in [1.807, 2.05) is 32.2 Å². The summed E-state index contributed by atoms with van der Waals surface area (Å²) in [6.07, 6.45) is 1.77. The second-order valence-electron chi connectivity index (χ2n) is 5.59. The SMILES string of the molecule is Cc1cnn(C)c1-c1cccc(NC(=O)Nc2ccc(F)c(F)c2)c1. The van der Waals surface area contributed by atoms with Gasteiger partial charge < -0.3 is 10.6 Å². The van der Waals surface area contributed by atoms with E-state index in [1.54, 1.807) is 16.9 Å². The molecular weight excluding hydrogens is 326 g/mol. The number of carbonyl (C=O) groups excluding carboxylic acids is 1. The molecule has 25 heavy (non-hydrogen) atoms. The maximum absolute atomic E-state index is 13.2. The van der Waals surface area contributed by atoms with Crippen LogP contribution in [-0.4, -0.2) is 15.8 Å². The van der Waals surface area contributed by atoms with Crippen LogP contribution < -0.4 is 10.6 Å². The summed E-state index contributed by atoms with van der Waals surface area (Å²) in [5.41, 5.74) is 3.60. The lowest BCUT2D eigenvalue weighted by molar-refractivity contribution is 0.262. The van der Waals surface area contributed by atoms with Crippen molar-refractivity contribution in [1.29, 1.82) is 0 Å². The molecule has 0 saturated carbocycles. The predicted octanol–water partition coefficient (Wildman–Crippen LogP) is 4.32. The van der Waals surface area contributed by atoms with Gasteiger partial charge in [0.1, 0.15) is 0 Å². The molecule has 1 heterocycles. The van der Waals surface area contributed by atoms with Crippen molar-refractivity contribution >= 4 is 17.4 Å². The van der Waals surface area contributed by atoms with Crippen molar-refractivity contribution in [2.24, 2.45) is 7.05 Å². The molecule has 0 aliphatic carbocycles. The number of aryl methyl sites for hydroxylation is 2. The minimum absolute atomic E-state index is 0.162. The average molecular weight is 342 g/mol. The highest BCUT2D eigenvalue weighted by Crippen LogP contribution is 2.25. The summed E-state index contributed by atoms with van der Waals surface area (Å²) in [5.74, 6) is -1.99. The highest BCUT2D eigenvalue weighted by Gasteiger charge is 2.10. The fraction of sp³-hybridized carbons (Fsp3) is 0.111.